The summed E-state index contributed by atoms with van der Waals surface area (Å²) in [7, 11) is 1.85. The molecule has 9 nitrogen and oxygen atoms in total. The van der Waals surface area contributed by atoms with Crippen molar-refractivity contribution in [2.45, 2.75) is 6.42 Å². The van der Waals surface area contributed by atoms with Gasteiger partial charge in [-0.3, -0.25) is 14.0 Å². The Labute approximate surface area is 202 Å². The Balaban J connectivity index is 1.26. The molecule has 3 aromatic heterocycles. The molecule has 5 aromatic rings. The topological polar surface area (TPSA) is 98.9 Å². The lowest BCUT2D eigenvalue weighted by atomic mass is 10.1. The van der Waals surface area contributed by atoms with Crippen LogP contribution in [0.5, 0.6) is 5.75 Å². The number of fused-ring (bicyclic) bond motifs is 1. The minimum Gasteiger partial charge on any atom is -0.492 e. The molecule has 9 heteroatoms. The molecule has 1 amide bonds. The lowest BCUT2D eigenvalue weighted by Crippen LogP contribution is -2.29. The lowest BCUT2D eigenvalue weighted by molar-refractivity contribution is -0.120. The Bertz CT molecular complexity index is 1430. The molecule has 0 aliphatic rings. The summed E-state index contributed by atoms with van der Waals surface area (Å²) < 4.78 is 9.32. The molecule has 0 atom stereocenters. The molecule has 5 rings (SSSR count). The fraction of sp³-hybridized carbons (Fsp3) is 0.154. The van der Waals surface area contributed by atoms with Crippen molar-refractivity contribution in [2.75, 3.05) is 18.5 Å². The van der Waals surface area contributed by atoms with E-state index in [2.05, 4.69) is 25.9 Å². The van der Waals surface area contributed by atoms with E-state index in [1.807, 2.05) is 90.6 Å². The van der Waals surface area contributed by atoms with Crippen LogP contribution >= 0.6 is 0 Å². The number of nitrogens with one attached hydrogen (secondary N) is 2. The van der Waals surface area contributed by atoms with Crippen molar-refractivity contribution in [3.8, 4) is 11.6 Å². The minimum atomic E-state index is -0.0635. The van der Waals surface area contributed by atoms with Crippen LogP contribution in [0.3, 0.4) is 0 Å². The van der Waals surface area contributed by atoms with Crippen LogP contribution in [0.25, 0.3) is 16.7 Å². The first-order valence-corrected chi connectivity index (χ1v) is 11.3. The van der Waals surface area contributed by atoms with Crippen molar-refractivity contribution < 1.29 is 9.53 Å². The zero-order chi connectivity index (χ0) is 24.0. The molecule has 0 unspecified atom stereocenters. The van der Waals surface area contributed by atoms with Gasteiger partial charge in [0.25, 0.3) is 0 Å². The number of ether oxygens (including phenoxy) is 1. The number of aryl methyl sites for hydroxylation is 1. The third kappa shape index (κ3) is 5.14. The van der Waals surface area contributed by atoms with E-state index in [0.717, 1.165) is 28.0 Å². The summed E-state index contributed by atoms with van der Waals surface area (Å²) in [6.07, 6.45) is 3.92. The Morgan fingerprint density at radius 2 is 1.80 bits per heavy atom. The van der Waals surface area contributed by atoms with Crippen LogP contribution in [-0.2, 0) is 18.3 Å². The van der Waals surface area contributed by atoms with Crippen LogP contribution in [0.1, 0.15) is 5.56 Å². The molecule has 3 heterocycles. The largest absolute Gasteiger partial charge is 0.492 e. The summed E-state index contributed by atoms with van der Waals surface area (Å²) in [4.78, 5) is 12.6. The second kappa shape index (κ2) is 10.1. The number of rotatable bonds is 9. The third-order valence-electron chi connectivity index (χ3n) is 5.56. The van der Waals surface area contributed by atoms with E-state index in [4.69, 9.17) is 4.74 Å². The first-order chi connectivity index (χ1) is 17.2. The number of nitrogens with zero attached hydrogens (tertiary/aromatic N) is 5. The number of hydrogen-bond donors (Lipinski definition) is 2. The number of benzene rings is 2. The quantitative estimate of drug-likeness (QED) is 0.321. The highest BCUT2D eigenvalue weighted by molar-refractivity contribution is 5.90. The number of carbonyl (C=O) groups is 1. The van der Waals surface area contributed by atoms with E-state index in [-0.39, 0.29) is 12.3 Å². The minimum absolute atomic E-state index is 0.0635. The lowest BCUT2D eigenvalue weighted by Gasteiger charge is -2.07. The van der Waals surface area contributed by atoms with Crippen LogP contribution < -0.4 is 15.4 Å². The van der Waals surface area contributed by atoms with Crippen molar-refractivity contribution in [1.82, 2.24) is 29.9 Å². The van der Waals surface area contributed by atoms with Crippen molar-refractivity contribution in [2.24, 2.45) is 7.05 Å². The molecule has 0 spiro atoms. The second-order valence-corrected chi connectivity index (χ2v) is 7.97. The predicted molar refractivity (Wildman–Crippen MR) is 134 cm³/mol. The predicted octanol–water partition coefficient (Wildman–Crippen LogP) is 3.64. The van der Waals surface area contributed by atoms with Gasteiger partial charge >= 0.3 is 0 Å². The molecule has 0 saturated carbocycles. The Morgan fingerprint density at radius 3 is 2.57 bits per heavy atom. The highest BCUT2D eigenvalue weighted by atomic mass is 16.5. The summed E-state index contributed by atoms with van der Waals surface area (Å²) in [5, 5.41) is 20.0. The molecule has 0 saturated heterocycles. The van der Waals surface area contributed by atoms with Gasteiger partial charge in [0.2, 0.25) is 5.91 Å². The van der Waals surface area contributed by atoms with Crippen molar-refractivity contribution in [1.29, 1.82) is 0 Å². The standard InChI is InChI=1S/C26H25N7O2/c1-32-24(13-14-28-32)29-23-11-12-25(31-30-23)33-18-19(21-9-5-6-10-22(21)33)17-26(34)27-15-16-35-20-7-3-2-4-8-20/h2-14,18H,15-17H2,1H3,(H,27,34)(H,29,30). The molecule has 35 heavy (non-hydrogen) atoms. The molecular weight excluding hydrogens is 442 g/mol. The summed E-state index contributed by atoms with van der Waals surface area (Å²) >= 11 is 0. The maximum Gasteiger partial charge on any atom is 0.224 e. The number of aromatic nitrogens is 5. The Morgan fingerprint density at radius 1 is 0.971 bits per heavy atom. The average Bonchev–Trinajstić information content (AvgIpc) is 3.46. The van der Waals surface area contributed by atoms with E-state index in [0.29, 0.717) is 24.8 Å². The second-order valence-electron chi connectivity index (χ2n) is 7.97. The van der Waals surface area contributed by atoms with Gasteiger partial charge in [0.15, 0.2) is 11.6 Å². The van der Waals surface area contributed by atoms with Gasteiger partial charge in [0.05, 0.1) is 24.7 Å². The summed E-state index contributed by atoms with van der Waals surface area (Å²) in [5.41, 5.74) is 1.88. The molecular formula is C26H25N7O2. The number of carbonyl (C=O) groups excluding carboxylic acids is 1. The smallest absolute Gasteiger partial charge is 0.224 e. The fourth-order valence-electron chi connectivity index (χ4n) is 3.84. The highest BCUT2D eigenvalue weighted by Crippen LogP contribution is 2.25. The number of amides is 1. The van der Waals surface area contributed by atoms with Gasteiger partial charge in [0.1, 0.15) is 18.2 Å². The molecule has 2 aromatic carbocycles. The van der Waals surface area contributed by atoms with Crippen molar-refractivity contribution in [3.05, 3.63) is 90.8 Å². The molecule has 0 aliphatic heterocycles. The molecule has 0 radical (unpaired) electrons. The van der Waals surface area contributed by atoms with Gasteiger partial charge < -0.3 is 15.4 Å². The van der Waals surface area contributed by atoms with Crippen LogP contribution in [-0.4, -0.2) is 43.6 Å². The number of hydrogen-bond acceptors (Lipinski definition) is 6. The average molecular weight is 468 g/mol. The molecule has 176 valence electrons. The van der Waals surface area contributed by atoms with Crippen LogP contribution in [0.2, 0.25) is 0 Å². The number of anilines is 2. The maximum absolute atomic E-state index is 12.6. The van der Waals surface area contributed by atoms with Gasteiger partial charge in [-0.05, 0) is 35.9 Å². The van der Waals surface area contributed by atoms with Crippen LogP contribution in [0.4, 0.5) is 11.6 Å². The normalized spacial score (nSPS) is 10.9. The zero-order valence-electron chi connectivity index (χ0n) is 19.3. The highest BCUT2D eigenvalue weighted by Gasteiger charge is 2.14. The SMILES string of the molecule is Cn1nccc1Nc1ccc(-n2cc(CC(=O)NCCOc3ccccc3)c3ccccc32)nn1. The first-order valence-electron chi connectivity index (χ1n) is 11.3. The molecule has 0 bridgehead atoms. The summed E-state index contributed by atoms with van der Waals surface area (Å²) in [6.45, 7) is 0.843. The molecule has 0 fully saturated rings. The van der Waals surface area contributed by atoms with Gasteiger partial charge in [-0.2, -0.15) is 5.10 Å². The molecule has 0 aliphatic carbocycles. The maximum atomic E-state index is 12.6. The van der Waals surface area contributed by atoms with Gasteiger partial charge in [-0.1, -0.05) is 36.4 Å². The van der Waals surface area contributed by atoms with Crippen LogP contribution in [0.15, 0.2) is 85.2 Å². The van der Waals surface area contributed by atoms with Crippen molar-refractivity contribution >= 4 is 28.4 Å². The summed E-state index contributed by atoms with van der Waals surface area (Å²) in [5.74, 6) is 2.82. The van der Waals surface area contributed by atoms with E-state index in [9.17, 15) is 4.79 Å². The fourth-order valence-corrected chi connectivity index (χ4v) is 3.84. The van der Waals surface area contributed by atoms with E-state index in [1.165, 1.54) is 0 Å². The Kier molecular flexibility index (Phi) is 6.38. The van der Waals surface area contributed by atoms with Gasteiger partial charge in [-0.15, -0.1) is 10.2 Å². The van der Waals surface area contributed by atoms with E-state index < -0.39 is 0 Å². The van der Waals surface area contributed by atoms with Crippen LogP contribution in [0, 0.1) is 0 Å². The van der Waals surface area contributed by atoms with E-state index >= 15 is 0 Å². The monoisotopic (exact) mass is 467 g/mol. The molecule has 2 N–H and O–H groups in total. The zero-order valence-corrected chi connectivity index (χ0v) is 19.3. The van der Waals surface area contributed by atoms with Gasteiger partial charge in [0, 0.05) is 24.7 Å². The van der Waals surface area contributed by atoms with Gasteiger partial charge in [-0.25, -0.2) is 0 Å². The third-order valence-corrected chi connectivity index (χ3v) is 5.56. The van der Waals surface area contributed by atoms with E-state index in [1.54, 1.807) is 10.9 Å². The first kappa shape index (κ1) is 22.1. The summed E-state index contributed by atoms with van der Waals surface area (Å²) in [6, 6.07) is 23.1. The Hall–Kier alpha value is -4.66. The van der Waals surface area contributed by atoms with Crippen molar-refractivity contribution in [3.63, 3.8) is 0 Å². The number of para-hydroxylation sites is 2.